The molecule has 206 valence electrons. The van der Waals surface area contributed by atoms with Crippen LogP contribution in [0.3, 0.4) is 0 Å². The Balaban J connectivity index is 0.00000136. The number of nitrogens with zero attached hydrogens (tertiary/aromatic N) is 3. The number of H-pyrrole nitrogens is 1. The Morgan fingerprint density at radius 1 is 0.581 bits per heavy atom. The molecule has 1 N–H and O–H groups in total. The molecule has 0 radical (unpaired) electrons. The van der Waals surface area contributed by atoms with Crippen molar-refractivity contribution in [3.63, 3.8) is 0 Å². The minimum atomic E-state index is 0.668. The number of fused-ring (bicyclic) bond motifs is 10. The number of rotatable bonds is 2. The van der Waals surface area contributed by atoms with E-state index in [1.807, 2.05) is 26.0 Å². The number of hydrogen-bond acceptors (Lipinski definition) is 2. The van der Waals surface area contributed by atoms with Crippen LogP contribution in [0.2, 0.25) is 0 Å². The van der Waals surface area contributed by atoms with Gasteiger partial charge in [0.05, 0.1) is 22.2 Å². The van der Waals surface area contributed by atoms with Crippen LogP contribution in [-0.4, -0.2) is 19.5 Å². The van der Waals surface area contributed by atoms with Gasteiger partial charge in [-0.15, -0.1) is 0 Å². The second-order valence-electron chi connectivity index (χ2n) is 10.5. The summed E-state index contributed by atoms with van der Waals surface area (Å²) in [5, 5.41) is 8.32. The molecular weight excluding hydrogens is 592 g/mol. The van der Waals surface area contributed by atoms with Crippen molar-refractivity contribution in [3.8, 4) is 17.2 Å². The van der Waals surface area contributed by atoms with Crippen molar-refractivity contribution in [1.29, 1.82) is 0 Å². The smallest absolute Gasteiger partial charge is 0.235 e. The van der Waals surface area contributed by atoms with Crippen molar-refractivity contribution >= 4 is 81.2 Å². The second-order valence-corrected chi connectivity index (χ2v) is 11.4. The van der Waals surface area contributed by atoms with Crippen LogP contribution in [0.25, 0.3) is 82.5 Å². The molecule has 0 saturated heterocycles. The highest BCUT2D eigenvalue weighted by Crippen LogP contribution is 2.42. The van der Waals surface area contributed by atoms with Gasteiger partial charge >= 0.3 is 0 Å². The number of halogens is 1. The molecule has 0 saturated carbocycles. The maximum atomic E-state index is 5.25. The number of aromatic nitrogens is 4. The molecule has 0 amide bonds. The van der Waals surface area contributed by atoms with Gasteiger partial charge in [0.15, 0.2) is 0 Å². The predicted octanol–water partition coefficient (Wildman–Crippen LogP) is 11.0. The molecule has 43 heavy (non-hydrogen) atoms. The van der Waals surface area contributed by atoms with Crippen LogP contribution >= 0.6 is 15.9 Å². The summed E-state index contributed by atoms with van der Waals surface area (Å²) in [6.45, 7) is 4.00. The molecule has 0 aliphatic carbocycles. The SMILES string of the molecule is Brc1ccc2[nH]c3ccc4ccc5c(c6ccccc6n5-c5nc(-c6ccccc6)c6ccccc6n5)c4c3c2c1.CC. The summed E-state index contributed by atoms with van der Waals surface area (Å²) >= 11 is 3.70. The summed E-state index contributed by atoms with van der Waals surface area (Å²) < 4.78 is 3.29. The molecule has 5 heteroatoms. The summed E-state index contributed by atoms with van der Waals surface area (Å²) in [6, 6.07) is 42.5. The van der Waals surface area contributed by atoms with Crippen LogP contribution < -0.4 is 0 Å². The van der Waals surface area contributed by atoms with Crippen molar-refractivity contribution in [3.05, 3.63) is 126 Å². The maximum Gasteiger partial charge on any atom is 0.235 e. The highest BCUT2D eigenvalue weighted by atomic mass is 79.9. The number of hydrogen-bond donors (Lipinski definition) is 1. The maximum absolute atomic E-state index is 5.25. The van der Waals surface area contributed by atoms with E-state index < -0.39 is 0 Å². The third kappa shape index (κ3) is 3.89. The van der Waals surface area contributed by atoms with Crippen LogP contribution in [0.1, 0.15) is 13.8 Å². The fourth-order valence-electron chi connectivity index (χ4n) is 6.43. The van der Waals surface area contributed by atoms with Gasteiger partial charge in [-0.3, -0.25) is 4.57 Å². The van der Waals surface area contributed by atoms with Crippen molar-refractivity contribution < 1.29 is 0 Å². The molecule has 0 unspecified atom stereocenters. The summed E-state index contributed by atoms with van der Waals surface area (Å²) in [5.74, 6) is 0.668. The van der Waals surface area contributed by atoms with Gasteiger partial charge in [0, 0.05) is 53.4 Å². The lowest BCUT2D eigenvalue weighted by atomic mass is 9.98. The highest BCUT2D eigenvalue weighted by molar-refractivity contribution is 9.10. The van der Waals surface area contributed by atoms with E-state index in [1.165, 1.54) is 32.3 Å². The van der Waals surface area contributed by atoms with Gasteiger partial charge in [-0.1, -0.05) is 109 Å². The van der Waals surface area contributed by atoms with Gasteiger partial charge in [0.25, 0.3) is 0 Å². The van der Waals surface area contributed by atoms with Gasteiger partial charge in [-0.2, -0.15) is 0 Å². The van der Waals surface area contributed by atoms with E-state index in [0.29, 0.717) is 5.95 Å². The Labute approximate surface area is 256 Å². The Kier molecular flexibility index (Phi) is 6.02. The zero-order valence-electron chi connectivity index (χ0n) is 23.8. The Bertz CT molecular complexity index is 2490. The number of aromatic amines is 1. The fourth-order valence-corrected chi connectivity index (χ4v) is 6.79. The standard InChI is InChI=1S/C36H21BrN4.C2H6/c37-23-16-18-28-26(20-23)33-29(38-28)17-14-21-15-19-31-34(32(21)33)25-11-5-7-13-30(25)41(31)36-39-27-12-6-4-10-24(27)35(40-36)22-8-2-1-3-9-22;1-2/h1-20,38H;1-2H3. The van der Waals surface area contributed by atoms with Gasteiger partial charge in [0.1, 0.15) is 0 Å². The lowest BCUT2D eigenvalue weighted by Gasteiger charge is -2.12. The quantitative estimate of drug-likeness (QED) is 0.209. The number of benzene rings is 6. The third-order valence-electron chi connectivity index (χ3n) is 8.18. The minimum absolute atomic E-state index is 0.668. The van der Waals surface area contributed by atoms with Crippen molar-refractivity contribution in [1.82, 2.24) is 19.5 Å². The zero-order valence-corrected chi connectivity index (χ0v) is 25.4. The third-order valence-corrected chi connectivity index (χ3v) is 8.67. The molecule has 9 rings (SSSR count). The van der Waals surface area contributed by atoms with Gasteiger partial charge < -0.3 is 4.98 Å². The van der Waals surface area contributed by atoms with E-state index in [9.17, 15) is 0 Å². The average Bonchev–Trinajstić information content (AvgIpc) is 3.61. The minimum Gasteiger partial charge on any atom is -0.354 e. The average molecular weight is 620 g/mol. The summed E-state index contributed by atoms with van der Waals surface area (Å²) in [6.07, 6.45) is 0. The molecule has 0 spiro atoms. The monoisotopic (exact) mass is 618 g/mol. The Hall–Kier alpha value is -5.00. The molecule has 3 heterocycles. The second kappa shape index (κ2) is 10.1. The summed E-state index contributed by atoms with van der Waals surface area (Å²) in [7, 11) is 0. The molecule has 9 aromatic rings. The molecule has 0 aliphatic rings. The van der Waals surface area contributed by atoms with Crippen molar-refractivity contribution in [2.75, 3.05) is 0 Å². The van der Waals surface area contributed by atoms with E-state index in [-0.39, 0.29) is 0 Å². The Morgan fingerprint density at radius 3 is 2.16 bits per heavy atom. The van der Waals surface area contributed by atoms with Crippen LogP contribution in [0.15, 0.2) is 126 Å². The van der Waals surface area contributed by atoms with Crippen LogP contribution in [0, 0.1) is 0 Å². The van der Waals surface area contributed by atoms with Gasteiger partial charge in [-0.25, -0.2) is 9.97 Å². The van der Waals surface area contributed by atoms with Gasteiger partial charge in [-0.05, 0) is 47.9 Å². The molecule has 0 aliphatic heterocycles. The molecule has 4 nitrogen and oxygen atoms in total. The first-order chi connectivity index (χ1) is 21.2. The van der Waals surface area contributed by atoms with E-state index in [0.717, 1.165) is 48.7 Å². The fraction of sp³-hybridized carbons (Fsp3) is 0.0526. The first kappa shape index (κ1) is 25.7. The zero-order chi connectivity index (χ0) is 29.1. The molecule has 0 atom stereocenters. The molecule has 6 aromatic carbocycles. The first-order valence-electron chi connectivity index (χ1n) is 14.6. The van der Waals surface area contributed by atoms with Crippen LogP contribution in [-0.2, 0) is 0 Å². The predicted molar refractivity (Wildman–Crippen MR) is 185 cm³/mol. The molecule has 3 aromatic heterocycles. The molecule has 0 fully saturated rings. The Morgan fingerprint density at radius 2 is 1.30 bits per heavy atom. The normalized spacial score (nSPS) is 11.6. The van der Waals surface area contributed by atoms with Crippen molar-refractivity contribution in [2.24, 2.45) is 0 Å². The lowest BCUT2D eigenvalue weighted by Crippen LogP contribution is -2.03. The largest absolute Gasteiger partial charge is 0.354 e. The lowest BCUT2D eigenvalue weighted by molar-refractivity contribution is 1.01. The highest BCUT2D eigenvalue weighted by Gasteiger charge is 2.20. The van der Waals surface area contributed by atoms with Crippen molar-refractivity contribution in [2.45, 2.75) is 13.8 Å². The van der Waals surface area contributed by atoms with E-state index in [2.05, 4.69) is 135 Å². The molecule has 0 bridgehead atoms. The van der Waals surface area contributed by atoms with E-state index in [1.54, 1.807) is 0 Å². The van der Waals surface area contributed by atoms with E-state index in [4.69, 9.17) is 9.97 Å². The van der Waals surface area contributed by atoms with E-state index >= 15 is 0 Å². The summed E-state index contributed by atoms with van der Waals surface area (Å²) in [4.78, 5) is 14.0. The number of nitrogens with one attached hydrogen (secondary N) is 1. The van der Waals surface area contributed by atoms with Crippen LogP contribution in [0.4, 0.5) is 0 Å². The molecular formula is C38H27BrN4. The summed E-state index contributed by atoms with van der Waals surface area (Å²) in [5.41, 5.74) is 7.36. The first-order valence-corrected chi connectivity index (χ1v) is 15.4. The topological polar surface area (TPSA) is 46.5 Å². The number of para-hydroxylation sites is 2. The van der Waals surface area contributed by atoms with Crippen LogP contribution in [0.5, 0.6) is 0 Å². The van der Waals surface area contributed by atoms with Gasteiger partial charge in [0.2, 0.25) is 5.95 Å².